The number of likely N-dealkylation sites (N-methyl/N-ethyl adjacent to an activating group) is 1. The first kappa shape index (κ1) is 23.2. The molecule has 0 spiro atoms. The van der Waals surface area contributed by atoms with Crippen LogP contribution in [0.15, 0.2) is 53.4 Å². The first-order chi connectivity index (χ1) is 13.7. The van der Waals surface area contributed by atoms with E-state index < -0.39 is 10.1 Å². The normalized spacial score (nSPS) is 16.5. The standard InChI is InChI=1S/C15H24N2O.C7H8O3S/c1-3-17(4-2)12-5-10-16(11-13-17)14-6-8-15(18)9-7-14;1-6-2-4-7(5-3-6)11(8,9)10/h6-9H,3-5,10-13H2,1-2H3;2-5H,1H3,(H,8,9,10). The maximum absolute atomic E-state index is 10.4. The zero-order valence-corrected chi connectivity index (χ0v) is 18.4. The zero-order chi connectivity index (χ0) is 21.5. The van der Waals surface area contributed by atoms with Crippen LogP contribution < -0.4 is 4.90 Å². The first-order valence-electron chi connectivity index (χ1n) is 10.1. The van der Waals surface area contributed by atoms with Crippen LogP contribution in [0.2, 0.25) is 0 Å². The number of quaternary nitrogens is 1. The number of aryl methyl sites for hydroxylation is 1. The van der Waals surface area contributed by atoms with Gasteiger partial charge in [0.25, 0.3) is 0 Å². The van der Waals surface area contributed by atoms with Gasteiger partial charge in [-0.05, 0) is 57.2 Å². The third-order valence-electron chi connectivity index (χ3n) is 5.77. The Balaban J connectivity index is 0.000000234. The maximum Gasteiger partial charge on any atom is 0.124 e. The lowest BCUT2D eigenvalue weighted by molar-refractivity contribution is -0.922. The summed E-state index contributed by atoms with van der Waals surface area (Å²) in [5, 5.41) is 9.35. The molecular weight excluding hydrogens is 388 g/mol. The number of benzene rings is 2. The molecule has 0 amide bonds. The second-order valence-electron chi connectivity index (χ2n) is 7.55. The highest BCUT2D eigenvalue weighted by Gasteiger charge is 2.27. The predicted molar refractivity (Wildman–Crippen MR) is 115 cm³/mol. The molecule has 1 fully saturated rings. The molecule has 7 heteroatoms. The van der Waals surface area contributed by atoms with Crippen LogP contribution in [-0.2, 0) is 10.1 Å². The monoisotopic (exact) mass is 420 g/mol. The third-order valence-corrected chi connectivity index (χ3v) is 6.62. The first-order valence-corrected chi connectivity index (χ1v) is 11.5. The topological polar surface area (TPSA) is 80.7 Å². The van der Waals surface area contributed by atoms with Crippen molar-refractivity contribution in [1.82, 2.24) is 0 Å². The molecule has 0 radical (unpaired) electrons. The van der Waals surface area contributed by atoms with Crippen LogP contribution in [0, 0.1) is 6.92 Å². The molecule has 0 bridgehead atoms. The molecule has 1 heterocycles. The van der Waals surface area contributed by atoms with Crippen molar-refractivity contribution in [2.24, 2.45) is 0 Å². The van der Waals surface area contributed by atoms with Gasteiger partial charge in [-0.1, -0.05) is 17.7 Å². The fraction of sp³-hybridized carbons (Fsp3) is 0.455. The molecule has 0 atom stereocenters. The number of rotatable bonds is 4. The summed E-state index contributed by atoms with van der Waals surface area (Å²) < 4.78 is 32.4. The van der Waals surface area contributed by atoms with Gasteiger partial charge in [-0.2, -0.15) is 0 Å². The number of hydrogen-bond acceptors (Lipinski definition) is 5. The molecule has 3 rings (SSSR count). The number of aromatic hydroxyl groups is 1. The summed E-state index contributed by atoms with van der Waals surface area (Å²) in [4.78, 5) is 2.27. The summed E-state index contributed by atoms with van der Waals surface area (Å²) in [6, 6.07) is 13.4. The van der Waals surface area contributed by atoms with Crippen molar-refractivity contribution in [2.45, 2.75) is 32.1 Å². The Morgan fingerprint density at radius 1 is 0.966 bits per heavy atom. The van der Waals surface area contributed by atoms with E-state index in [0.29, 0.717) is 5.75 Å². The molecule has 1 saturated heterocycles. The minimum atomic E-state index is -4.27. The van der Waals surface area contributed by atoms with Gasteiger partial charge in [-0.25, -0.2) is 8.42 Å². The molecule has 160 valence electrons. The van der Waals surface area contributed by atoms with Crippen LogP contribution in [0.25, 0.3) is 0 Å². The highest BCUT2D eigenvalue weighted by atomic mass is 32.2. The molecule has 0 unspecified atom stereocenters. The van der Waals surface area contributed by atoms with E-state index in [1.54, 1.807) is 24.3 Å². The molecule has 0 aliphatic carbocycles. The van der Waals surface area contributed by atoms with Gasteiger partial charge >= 0.3 is 0 Å². The van der Waals surface area contributed by atoms with Crippen molar-refractivity contribution >= 4 is 15.8 Å². The largest absolute Gasteiger partial charge is 0.744 e. The highest BCUT2D eigenvalue weighted by Crippen LogP contribution is 2.21. The van der Waals surface area contributed by atoms with Crippen molar-refractivity contribution in [3.63, 3.8) is 0 Å². The SMILES string of the molecule is CC[N+]1(CC)CCCN(c2ccc(O)cc2)CC1.Cc1ccc(S(=O)(=O)[O-])cc1. The molecule has 1 aliphatic heterocycles. The summed E-state index contributed by atoms with van der Waals surface area (Å²) in [5.41, 5.74) is 2.16. The van der Waals surface area contributed by atoms with Gasteiger partial charge in [0.05, 0.1) is 37.6 Å². The Labute approximate surface area is 174 Å². The van der Waals surface area contributed by atoms with Gasteiger partial charge in [-0.3, -0.25) is 0 Å². The van der Waals surface area contributed by atoms with E-state index in [0.717, 1.165) is 18.7 Å². The molecule has 0 saturated carbocycles. The van der Waals surface area contributed by atoms with E-state index in [-0.39, 0.29) is 4.90 Å². The van der Waals surface area contributed by atoms with Crippen LogP contribution in [0.1, 0.15) is 25.8 Å². The molecule has 6 nitrogen and oxygen atoms in total. The average molecular weight is 421 g/mol. The smallest absolute Gasteiger partial charge is 0.124 e. The van der Waals surface area contributed by atoms with Crippen molar-refractivity contribution in [1.29, 1.82) is 0 Å². The fourth-order valence-electron chi connectivity index (χ4n) is 3.64. The maximum atomic E-state index is 10.4. The minimum Gasteiger partial charge on any atom is -0.744 e. The van der Waals surface area contributed by atoms with Gasteiger partial charge in [0.1, 0.15) is 15.9 Å². The van der Waals surface area contributed by atoms with Crippen molar-refractivity contribution < 1.29 is 22.6 Å². The fourth-order valence-corrected chi connectivity index (χ4v) is 4.11. The van der Waals surface area contributed by atoms with Gasteiger partial charge in [0, 0.05) is 18.7 Å². The number of nitrogens with zero attached hydrogens (tertiary/aromatic N) is 2. The van der Waals surface area contributed by atoms with Crippen molar-refractivity contribution in [3.8, 4) is 5.75 Å². The van der Waals surface area contributed by atoms with Gasteiger partial charge in [-0.15, -0.1) is 0 Å². The summed E-state index contributed by atoms with van der Waals surface area (Å²) in [6.45, 7) is 13.7. The molecule has 1 N–H and O–H groups in total. The van der Waals surface area contributed by atoms with Gasteiger partial charge in [0.2, 0.25) is 0 Å². The Bertz CT molecular complexity index is 861. The Kier molecular flexibility index (Phi) is 8.07. The predicted octanol–water partition coefficient (Wildman–Crippen LogP) is 3.36. The number of phenolic OH excluding ortho intramolecular Hbond substituents is 1. The average Bonchev–Trinajstić information content (AvgIpc) is 2.92. The molecule has 2 aromatic carbocycles. The Morgan fingerprint density at radius 2 is 1.55 bits per heavy atom. The molecule has 0 aromatic heterocycles. The van der Waals surface area contributed by atoms with Crippen LogP contribution in [0.5, 0.6) is 5.75 Å². The lowest BCUT2D eigenvalue weighted by Gasteiger charge is -2.35. The highest BCUT2D eigenvalue weighted by molar-refractivity contribution is 7.85. The molecular formula is C22H32N2O4S. The minimum absolute atomic E-state index is 0.178. The molecule has 29 heavy (non-hydrogen) atoms. The second kappa shape index (κ2) is 10.1. The Hall–Kier alpha value is -2.09. The third kappa shape index (κ3) is 6.73. The van der Waals surface area contributed by atoms with Gasteiger partial charge in [0.15, 0.2) is 0 Å². The summed E-state index contributed by atoms with van der Waals surface area (Å²) >= 11 is 0. The lowest BCUT2D eigenvalue weighted by atomic mass is 10.2. The number of phenols is 1. The van der Waals surface area contributed by atoms with E-state index in [1.807, 2.05) is 19.1 Å². The molecule has 1 aliphatic rings. The van der Waals surface area contributed by atoms with E-state index >= 15 is 0 Å². The van der Waals surface area contributed by atoms with E-state index in [2.05, 4.69) is 18.7 Å². The summed E-state index contributed by atoms with van der Waals surface area (Å²) in [7, 11) is -4.27. The number of hydrogen-bond donors (Lipinski definition) is 1. The summed E-state index contributed by atoms with van der Waals surface area (Å²) in [5.74, 6) is 0.348. The summed E-state index contributed by atoms with van der Waals surface area (Å²) in [6.07, 6.45) is 1.25. The van der Waals surface area contributed by atoms with E-state index in [1.165, 1.54) is 54.9 Å². The second-order valence-corrected chi connectivity index (χ2v) is 8.93. The van der Waals surface area contributed by atoms with Crippen LogP contribution >= 0.6 is 0 Å². The Morgan fingerprint density at radius 3 is 2.07 bits per heavy atom. The van der Waals surface area contributed by atoms with E-state index in [4.69, 9.17) is 0 Å². The van der Waals surface area contributed by atoms with Crippen molar-refractivity contribution in [3.05, 3.63) is 54.1 Å². The molecule has 2 aromatic rings. The van der Waals surface area contributed by atoms with Crippen LogP contribution in [-0.4, -0.2) is 61.8 Å². The van der Waals surface area contributed by atoms with Crippen molar-refractivity contribution in [2.75, 3.05) is 44.2 Å². The van der Waals surface area contributed by atoms with Crippen LogP contribution in [0.3, 0.4) is 0 Å². The zero-order valence-electron chi connectivity index (χ0n) is 17.5. The van der Waals surface area contributed by atoms with Gasteiger partial charge < -0.3 is 19.0 Å². The number of anilines is 1. The van der Waals surface area contributed by atoms with Crippen LogP contribution in [0.4, 0.5) is 5.69 Å². The quantitative estimate of drug-likeness (QED) is 0.606. The van der Waals surface area contributed by atoms with E-state index in [9.17, 15) is 18.1 Å². The lowest BCUT2D eigenvalue weighted by Crippen LogP contribution is -2.50.